The van der Waals surface area contributed by atoms with Crippen molar-refractivity contribution in [3.8, 4) is 0 Å². The Balaban J connectivity index is 1.64. The van der Waals surface area contributed by atoms with Gasteiger partial charge in [-0.25, -0.2) is 0 Å². The molecule has 1 aliphatic carbocycles. The van der Waals surface area contributed by atoms with Crippen LogP contribution in [0.1, 0.15) is 31.2 Å². The average molecular weight is 327 g/mol. The van der Waals surface area contributed by atoms with E-state index in [1.54, 1.807) is 23.0 Å². The molecule has 23 heavy (non-hydrogen) atoms. The molecule has 1 aromatic heterocycles. The summed E-state index contributed by atoms with van der Waals surface area (Å²) in [6.07, 6.45) is 12.1. The summed E-state index contributed by atoms with van der Waals surface area (Å²) in [6, 6.07) is 8.04. The monoisotopic (exact) mass is 327 g/mol. The smallest absolute Gasteiger partial charge is 0.248 e. The molecule has 0 spiro atoms. The summed E-state index contributed by atoms with van der Waals surface area (Å²) in [5.41, 5.74) is 1.81. The molecule has 0 unspecified atom stereocenters. The minimum absolute atomic E-state index is 0.117. The maximum Gasteiger partial charge on any atom is 0.248 e. The molecule has 1 aromatic carbocycles. The van der Waals surface area contributed by atoms with Gasteiger partial charge in [0.15, 0.2) is 0 Å². The molecule has 120 valence electrons. The van der Waals surface area contributed by atoms with Crippen molar-refractivity contribution in [2.24, 2.45) is 7.05 Å². The zero-order valence-corrected chi connectivity index (χ0v) is 14.1. The maximum absolute atomic E-state index is 12.1. The number of nitrogens with zero attached hydrogens (tertiary/aromatic N) is 2. The van der Waals surface area contributed by atoms with E-state index in [4.69, 9.17) is 0 Å². The molecule has 1 heterocycles. The predicted octanol–water partition coefficient (Wildman–Crippen LogP) is 4.11. The van der Waals surface area contributed by atoms with Crippen LogP contribution in [0, 0.1) is 0 Å². The van der Waals surface area contributed by atoms with Crippen LogP contribution in [0.2, 0.25) is 0 Å². The van der Waals surface area contributed by atoms with Gasteiger partial charge in [-0.1, -0.05) is 25.0 Å². The van der Waals surface area contributed by atoms with E-state index in [1.807, 2.05) is 43.2 Å². The summed E-state index contributed by atoms with van der Waals surface area (Å²) in [5.74, 6) is -0.117. The Morgan fingerprint density at radius 2 is 2.13 bits per heavy atom. The van der Waals surface area contributed by atoms with Crippen molar-refractivity contribution in [2.45, 2.75) is 35.8 Å². The Bertz CT molecular complexity index is 702. The summed E-state index contributed by atoms with van der Waals surface area (Å²) < 4.78 is 1.71. The molecule has 1 fully saturated rings. The van der Waals surface area contributed by atoms with Crippen molar-refractivity contribution in [3.05, 3.63) is 48.3 Å². The molecule has 2 aromatic rings. The lowest BCUT2D eigenvalue weighted by Gasteiger charge is -2.13. The van der Waals surface area contributed by atoms with E-state index in [9.17, 15) is 4.79 Å². The molecule has 1 saturated carbocycles. The van der Waals surface area contributed by atoms with Crippen LogP contribution in [0.5, 0.6) is 0 Å². The molecule has 0 saturated heterocycles. The van der Waals surface area contributed by atoms with Gasteiger partial charge in [0.2, 0.25) is 5.91 Å². The van der Waals surface area contributed by atoms with Crippen molar-refractivity contribution in [1.82, 2.24) is 9.78 Å². The van der Waals surface area contributed by atoms with E-state index in [2.05, 4.69) is 16.5 Å². The fourth-order valence-electron chi connectivity index (χ4n) is 2.73. The highest BCUT2D eigenvalue weighted by atomic mass is 32.2. The van der Waals surface area contributed by atoms with Gasteiger partial charge in [0.05, 0.1) is 11.9 Å². The lowest BCUT2D eigenvalue weighted by molar-refractivity contribution is -0.111. The minimum Gasteiger partial charge on any atom is -0.321 e. The Morgan fingerprint density at radius 3 is 2.87 bits per heavy atom. The number of rotatable bonds is 5. The second-order valence-corrected chi connectivity index (χ2v) is 7.13. The Labute approximate surface area is 141 Å². The fraction of sp³-hybridized carbons (Fsp3) is 0.333. The molecule has 4 nitrogen and oxygen atoms in total. The van der Waals surface area contributed by atoms with Crippen molar-refractivity contribution in [3.63, 3.8) is 0 Å². The fourth-order valence-corrected chi connectivity index (χ4v) is 4.06. The summed E-state index contributed by atoms with van der Waals surface area (Å²) >= 11 is 1.89. The van der Waals surface area contributed by atoms with Crippen LogP contribution in [-0.4, -0.2) is 20.9 Å². The molecular weight excluding hydrogens is 306 g/mol. The number of aromatic nitrogens is 2. The Hall–Kier alpha value is -2.01. The molecule has 0 aliphatic heterocycles. The number of benzene rings is 1. The van der Waals surface area contributed by atoms with Crippen LogP contribution >= 0.6 is 11.8 Å². The van der Waals surface area contributed by atoms with Gasteiger partial charge in [-0.3, -0.25) is 9.48 Å². The number of amides is 1. The number of hydrogen-bond acceptors (Lipinski definition) is 3. The Kier molecular flexibility index (Phi) is 5.18. The highest BCUT2D eigenvalue weighted by molar-refractivity contribution is 8.00. The third-order valence-electron chi connectivity index (χ3n) is 3.89. The number of carbonyl (C=O) groups excluding carboxylic acids is 1. The quantitative estimate of drug-likeness (QED) is 0.841. The van der Waals surface area contributed by atoms with E-state index < -0.39 is 0 Å². The van der Waals surface area contributed by atoms with E-state index in [1.165, 1.54) is 25.7 Å². The van der Waals surface area contributed by atoms with Gasteiger partial charge in [-0.2, -0.15) is 5.10 Å². The van der Waals surface area contributed by atoms with Crippen LogP contribution in [0.4, 0.5) is 5.69 Å². The SMILES string of the molecule is Cn1cc(C=CC(=O)Nc2ccccc2SC2CCCC2)cn1. The lowest BCUT2D eigenvalue weighted by Crippen LogP contribution is -2.09. The zero-order chi connectivity index (χ0) is 16.1. The normalized spacial score (nSPS) is 15.3. The Morgan fingerprint density at radius 1 is 1.35 bits per heavy atom. The summed E-state index contributed by atoms with van der Waals surface area (Å²) in [6.45, 7) is 0. The lowest BCUT2D eigenvalue weighted by atomic mass is 10.3. The topological polar surface area (TPSA) is 46.9 Å². The van der Waals surface area contributed by atoms with Crippen molar-refractivity contribution < 1.29 is 4.79 Å². The van der Waals surface area contributed by atoms with Gasteiger partial charge in [0.25, 0.3) is 0 Å². The number of anilines is 1. The molecular formula is C18H21N3OS. The molecule has 5 heteroatoms. The molecule has 0 atom stereocenters. The van der Waals surface area contributed by atoms with Crippen LogP contribution in [-0.2, 0) is 11.8 Å². The number of nitrogens with one attached hydrogen (secondary N) is 1. The molecule has 1 aliphatic rings. The van der Waals surface area contributed by atoms with Crippen molar-refractivity contribution in [2.75, 3.05) is 5.32 Å². The van der Waals surface area contributed by atoms with E-state index >= 15 is 0 Å². The largest absolute Gasteiger partial charge is 0.321 e. The number of para-hydroxylation sites is 1. The molecule has 0 radical (unpaired) electrons. The van der Waals surface area contributed by atoms with E-state index in [-0.39, 0.29) is 5.91 Å². The first-order chi connectivity index (χ1) is 11.2. The molecule has 3 rings (SSSR count). The third kappa shape index (κ3) is 4.48. The van der Waals surface area contributed by atoms with Crippen LogP contribution in [0.15, 0.2) is 47.6 Å². The van der Waals surface area contributed by atoms with Gasteiger partial charge >= 0.3 is 0 Å². The zero-order valence-electron chi connectivity index (χ0n) is 13.2. The molecule has 1 amide bonds. The van der Waals surface area contributed by atoms with Gasteiger partial charge < -0.3 is 5.32 Å². The summed E-state index contributed by atoms with van der Waals surface area (Å²) in [7, 11) is 1.86. The minimum atomic E-state index is -0.117. The van der Waals surface area contributed by atoms with Crippen molar-refractivity contribution in [1.29, 1.82) is 0 Å². The number of carbonyl (C=O) groups is 1. The molecule has 1 N–H and O–H groups in total. The third-order valence-corrected chi connectivity index (χ3v) is 5.31. The van der Waals surface area contributed by atoms with Crippen LogP contribution in [0.25, 0.3) is 6.08 Å². The standard InChI is InChI=1S/C18H21N3OS/c1-21-13-14(12-19-21)10-11-18(22)20-16-8-4-5-9-17(16)23-15-6-2-3-7-15/h4-5,8-13,15H,2-3,6-7H2,1H3,(H,20,22). The van der Waals surface area contributed by atoms with Crippen LogP contribution in [0.3, 0.4) is 0 Å². The number of hydrogen-bond donors (Lipinski definition) is 1. The van der Waals surface area contributed by atoms with Gasteiger partial charge in [0, 0.05) is 35.0 Å². The first kappa shape index (κ1) is 15.9. The summed E-state index contributed by atoms with van der Waals surface area (Å²) in [5, 5.41) is 7.75. The first-order valence-electron chi connectivity index (χ1n) is 7.94. The van der Waals surface area contributed by atoms with Gasteiger partial charge in [-0.05, 0) is 31.1 Å². The predicted molar refractivity (Wildman–Crippen MR) is 95.4 cm³/mol. The van der Waals surface area contributed by atoms with Crippen LogP contribution < -0.4 is 5.32 Å². The van der Waals surface area contributed by atoms with E-state index in [0.717, 1.165) is 16.1 Å². The van der Waals surface area contributed by atoms with Crippen molar-refractivity contribution >= 4 is 29.4 Å². The van der Waals surface area contributed by atoms with E-state index in [0.29, 0.717) is 5.25 Å². The number of thioether (sulfide) groups is 1. The average Bonchev–Trinajstić information content (AvgIpc) is 3.19. The van der Waals surface area contributed by atoms with Gasteiger partial charge in [-0.15, -0.1) is 11.8 Å². The highest BCUT2D eigenvalue weighted by Crippen LogP contribution is 2.37. The second-order valence-electron chi connectivity index (χ2n) is 5.79. The second kappa shape index (κ2) is 7.51. The highest BCUT2D eigenvalue weighted by Gasteiger charge is 2.17. The summed E-state index contributed by atoms with van der Waals surface area (Å²) in [4.78, 5) is 13.3. The number of aryl methyl sites for hydroxylation is 1. The van der Waals surface area contributed by atoms with Gasteiger partial charge in [0.1, 0.15) is 0 Å². The first-order valence-corrected chi connectivity index (χ1v) is 8.82. The molecule has 0 bridgehead atoms. The maximum atomic E-state index is 12.1.